The number of esters is 1. The molecule has 3 atom stereocenters. The average Bonchev–Trinajstić information content (AvgIpc) is 2.66. The zero-order valence-electron chi connectivity index (χ0n) is 9.39. The Balaban J connectivity index is 2.45. The van der Waals surface area contributed by atoms with Crippen molar-refractivity contribution in [1.82, 2.24) is 0 Å². The summed E-state index contributed by atoms with van der Waals surface area (Å²) < 4.78 is 15.4. The fourth-order valence-corrected chi connectivity index (χ4v) is 1.98. The summed E-state index contributed by atoms with van der Waals surface area (Å²) in [5.74, 6) is 0.199. The van der Waals surface area contributed by atoms with E-state index in [0.29, 0.717) is 12.5 Å². The Morgan fingerprint density at radius 3 is 2.80 bits per heavy atom. The van der Waals surface area contributed by atoms with Crippen molar-refractivity contribution in [2.24, 2.45) is 5.92 Å². The van der Waals surface area contributed by atoms with Crippen molar-refractivity contribution in [3.8, 4) is 0 Å². The molecule has 0 aromatic carbocycles. The molecule has 15 heavy (non-hydrogen) atoms. The number of carbonyl (C=O) groups is 1. The van der Waals surface area contributed by atoms with Gasteiger partial charge in [-0.1, -0.05) is 20.3 Å². The molecule has 0 bridgehead atoms. The van der Waals surface area contributed by atoms with Crippen LogP contribution in [0.2, 0.25) is 0 Å². The Kier molecular flexibility index (Phi) is 5.42. The predicted molar refractivity (Wildman–Crippen MR) is 58.0 cm³/mol. The van der Waals surface area contributed by atoms with Gasteiger partial charge in [0.05, 0.1) is 6.61 Å². The predicted octanol–water partition coefficient (Wildman–Crippen LogP) is 2.33. The Morgan fingerprint density at radius 1 is 1.47 bits per heavy atom. The number of ether oxygens (including phenoxy) is 1. The van der Waals surface area contributed by atoms with Gasteiger partial charge in [0.25, 0.3) is 0 Å². The van der Waals surface area contributed by atoms with E-state index >= 15 is 0 Å². The molecule has 1 aliphatic heterocycles. The Labute approximate surface area is 95.1 Å². The average molecular weight is 234 g/mol. The highest BCUT2D eigenvalue weighted by molar-refractivity contribution is 7.90. The normalized spacial score (nSPS) is 27.7. The molecule has 0 saturated carbocycles. The standard InChI is InChI=1S/C10H18O4S/c1-4-7(3)6-8-9(14-15-13-8)10(11)12-5-2/h7-9H,4-6H2,1-3H3/t7-,8-,9?/m0/s1. The van der Waals surface area contributed by atoms with Crippen LogP contribution in [0, 0.1) is 5.92 Å². The Bertz CT molecular complexity index is 210. The summed E-state index contributed by atoms with van der Waals surface area (Å²) in [4.78, 5) is 11.5. The molecule has 0 aromatic rings. The van der Waals surface area contributed by atoms with E-state index in [-0.39, 0.29) is 12.1 Å². The maximum Gasteiger partial charge on any atom is 0.339 e. The van der Waals surface area contributed by atoms with Crippen LogP contribution in [0.1, 0.15) is 33.6 Å². The first-order chi connectivity index (χ1) is 7.19. The van der Waals surface area contributed by atoms with Crippen LogP contribution >= 0.6 is 12.3 Å². The van der Waals surface area contributed by atoms with E-state index in [0.717, 1.165) is 25.2 Å². The third-order valence-electron chi connectivity index (χ3n) is 2.49. The SMILES string of the molecule is CCOC(=O)C1OSO[C@H]1C[C@@H](C)CC. The van der Waals surface area contributed by atoms with Gasteiger partial charge in [0, 0.05) is 0 Å². The molecule has 0 spiro atoms. The minimum atomic E-state index is -0.566. The van der Waals surface area contributed by atoms with Gasteiger partial charge in [0.1, 0.15) is 6.10 Å². The third-order valence-corrected chi connectivity index (χ3v) is 3.11. The molecular weight excluding hydrogens is 216 g/mol. The van der Waals surface area contributed by atoms with Crippen LogP contribution in [-0.4, -0.2) is 24.8 Å². The maximum atomic E-state index is 11.5. The first-order valence-corrected chi connectivity index (χ1v) is 6.01. The number of carbonyl (C=O) groups excluding carboxylic acids is 1. The van der Waals surface area contributed by atoms with Crippen LogP contribution in [0.4, 0.5) is 0 Å². The highest BCUT2D eigenvalue weighted by atomic mass is 32.2. The first kappa shape index (κ1) is 12.8. The van der Waals surface area contributed by atoms with Crippen molar-refractivity contribution in [1.29, 1.82) is 0 Å². The molecule has 5 heteroatoms. The fourth-order valence-electron chi connectivity index (χ4n) is 1.37. The molecule has 1 aliphatic rings. The van der Waals surface area contributed by atoms with Gasteiger partial charge >= 0.3 is 5.97 Å². The van der Waals surface area contributed by atoms with Gasteiger partial charge in [0.15, 0.2) is 18.4 Å². The number of hydrogen-bond donors (Lipinski definition) is 0. The van der Waals surface area contributed by atoms with E-state index in [1.54, 1.807) is 6.92 Å². The van der Waals surface area contributed by atoms with E-state index in [1.165, 1.54) is 0 Å². The topological polar surface area (TPSA) is 44.8 Å². The molecule has 0 radical (unpaired) electrons. The van der Waals surface area contributed by atoms with Crippen molar-refractivity contribution in [3.05, 3.63) is 0 Å². The largest absolute Gasteiger partial charge is 0.464 e. The van der Waals surface area contributed by atoms with Gasteiger partial charge in [-0.05, 0) is 19.3 Å². The molecule has 88 valence electrons. The number of hydrogen-bond acceptors (Lipinski definition) is 5. The zero-order chi connectivity index (χ0) is 11.3. The van der Waals surface area contributed by atoms with Crippen molar-refractivity contribution in [2.45, 2.75) is 45.8 Å². The van der Waals surface area contributed by atoms with Crippen LogP contribution in [0.3, 0.4) is 0 Å². The second kappa shape index (κ2) is 6.35. The van der Waals surface area contributed by atoms with Crippen molar-refractivity contribution < 1.29 is 17.9 Å². The van der Waals surface area contributed by atoms with E-state index in [2.05, 4.69) is 13.8 Å². The second-order valence-corrected chi connectivity index (χ2v) is 4.24. The van der Waals surface area contributed by atoms with Gasteiger partial charge in [-0.2, -0.15) is 0 Å². The van der Waals surface area contributed by atoms with Crippen LogP contribution in [0.15, 0.2) is 0 Å². The summed E-state index contributed by atoms with van der Waals surface area (Å²) in [5, 5.41) is 0. The van der Waals surface area contributed by atoms with Crippen LogP contribution < -0.4 is 0 Å². The van der Waals surface area contributed by atoms with E-state index in [1.807, 2.05) is 0 Å². The summed E-state index contributed by atoms with van der Waals surface area (Å²) in [5.41, 5.74) is 0. The lowest BCUT2D eigenvalue weighted by Gasteiger charge is -2.17. The van der Waals surface area contributed by atoms with E-state index in [4.69, 9.17) is 13.1 Å². The molecular formula is C10H18O4S. The summed E-state index contributed by atoms with van der Waals surface area (Å²) in [6.45, 7) is 6.41. The summed E-state index contributed by atoms with van der Waals surface area (Å²) >= 11 is 0.896. The lowest BCUT2D eigenvalue weighted by atomic mass is 9.98. The molecule has 0 N–H and O–H groups in total. The smallest absolute Gasteiger partial charge is 0.339 e. The van der Waals surface area contributed by atoms with Crippen molar-refractivity contribution >= 4 is 18.3 Å². The van der Waals surface area contributed by atoms with E-state index in [9.17, 15) is 4.79 Å². The Morgan fingerprint density at radius 2 is 2.20 bits per heavy atom. The molecule has 0 amide bonds. The minimum Gasteiger partial charge on any atom is -0.464 e. The monoisotopic (exact) mass is 234 g/mol. The van der Waals surface area contributed by atoms with Crippen LogP contribution in [0.25, 0.3) is 0 Å². The molecule has 1 rings (SSSR count). The van der Waals surface area contributed by atoms with E-state index < -0.39 is 6.10 Å². The quantitative estimate of drug-likeness (QED) is 0.539. The molecule has 1 fully saturated rings. The highest BCUT2D eigenvalue weighted by Crippen LogP contribution is 2.31. The van der Waals surface area contributed by atoms with Gasteiger partial charge in [-0.25, -0.2) is 4.79 Å². The zero-order valence-corrected chi connectivity index (χ0v) is 10.2. The molecule has 1 heterocycles. The summed E-state index contributed by atoms with van der Waals surface area (Å²) in [7, 11) is 0. The first-order valence-electron chi connectivity index (χ1n) is 5.34. The minimum absolute atomic E-state index is 0.177. The molecule has 1 saturated heterocycles. The molecule has 0 aliphatic carbocycles. The van der Waals surface area contributed by atoms with Crippen LogP contribution in [0.5, 0.6) is 0 Å². The van der Waals surface area contributed by atoms with Gasteiger partial charge < -0.3 is 4.74 Å². The maximum absolute atomic E-state index is 11.5. The summed E-state index contributed by atoms with van der Waals surface area (Å²) in [6, 6.07) is 0. The van der Waals surface area contributed by atoms with Gasteiger partial charge in [-0.3, -0.25) is 8.37 Å². The van der Waals surface area contributed by atoms with Crippen molar-refractivity contribution in [3.63, 3.8) is 0 Å². The lowest BCUT2D eigenvalue weighted by Crippen LogP contribution is -2.34. The third kappa shape index (κ3) is 3.66. The molecule has 4 nitrogen and oxygen atoms in total. The van der Waals surface area contributed by atoms with Gasteiger partial charge in [-0.15, -0.1) is 0 Å². The summed E-state index contributed by atoms with van der Waals surface area (Å²) in [6.07, 6.45) is 1.15. The Hall–Kier alpha value is -0.260. The van der Waals surface area contributed by atoms with Gasteiger partial charge in [0.2, 0.25) is 0 Å². The highest BCUT2D eigenvalue weighted by Gasteiger charge is 2.38. The number of rotatable bonds is 5. The lowest BCUT2D eigenvalue weighted by molar-refractivity contribution is -0.152. The fraction of sp³-hybridized carbons (Fsp3) is 0.900. The van der Waals surface area contributed by atoms with Crippen LogP contribution in [-0.2, 0) is 17.9 Å². The van der Waals surface area contributed by atoms with Crippen molar-refractivity contribution in [2.75, 3.05) is 6.61 Å². The molecule has 0 aromatic heterocycles. The molecule has 1 unspecified atom stereocenters. The second-order valence-electron chi connectivity index (χ2n) is 3.72.